The number of amides is 3. The Hall–Kier alpha value is -4.41. The third-order valence-corrected chi connectivity index (χ3v) is 6.11. The van der Waals surface area contributed by atoms with E-state index >= 15 is 0 Å². The minimum absolute atomic E-state index is 0.256. The van der Waals surface area contributed by atoms with E-state index in [0.29, 0.717) is 37.2 Å². The van der Waals surface area contributed by atoms with Crippen molar-refractivity contribution in [2.75, 3.05) is 13.7 Å². The van der Waals surface area contributed by atoms with Gasteiger partial charge in [0.05, 0.1) is 19.6 Å². The summed E-state index contributed by atoms with van der Waals surface area (Å²) >= 11 is 0. The monoisotopic (exact) mass is 525 g/mol. The molecule has 11 heteroatoms. The molecule has 1 aliphatic heterocycles. The molecule has 0 aliphatic carbocycles. The number of hydrogen-bond acceptors (Lipinski definition) is 7. The van der Waals surface area contributed by atoms with E-state index in [2.05, 4.69) is 10.6 Å². The quantitative estimate of drug-likeness (QED) is 0.353. The van der Waals surface area contributed by atoms with Crippen LogP contribution in [0.15, 0.2) is 48.5 Å². The molecule has 1 aliphatic rings. The molecule has 11 nitrogen and oxygen atoms in total. The molecule has 202 valence electrons. The van der Waals surface area contributed by atoms with Crippen molar-refractivity contribution >= 4 is 30.0 Å². The van der Waals surface area contributed by atoms with Gasteiger partial charge in [0.1, 0.15) is 25.0 Å². The molecule has 0 spiro atoms. The molecule has 1 unspecified atom stereocenters. The van der Waals surface area contributed by atoms with Crippen LogP contribution in [0.4, 0.5) is 0 Å². The standard InChI is InChI=1S/C27H31N3O8/c1-17(27(36)30-12-6-9-21(30)26(35)29-20(15-31)14-24(32)33)28-25(34)19-10-11-22(37-2)23(13-19)38-16-18-7-4-3-5-8-18/h3-5,7-8,10-11,13,15,17,20-21H,6,9,12,14,16H2,1-2H3,(H,28,34)(H,29,35)(H,32,33)/t17-,20-,21?/m0/s1. The van der Waals surface area contributed by atoms with Crippen LogP contribution in [-0.2, 0) is 25.8 Å². The Balaban J connectivity index is 1.64. The fourth-order valence-corrected chi connectivity index (χ4v) is 4.16. The molecule has 3 N–H and O–H groups in total. The van der Waals surface area contributed by atoms with Crippen LogP contribution in [0.3, 0.4) is 0 Å². The fourth-order valence-electron chi connectivity index (χ4n) is 4.16. The second-order valence-electron chi connectivity index (χ2n) is 8.87. The van der Waals surface area contributed by atoms with E-state index in [9.17, 15) is 24.0 Å². The number of carbonyl (C=O) groups is 5. The minimum atomic E-state index is -1.23. The first kappa shape index (κ1) is 28.2. The zero-order valence-corrected chi connectivity index (χ0v) is 21.2. The van der Waals surface area contributed by atoms with E-state index in [1.807, 2.05) is 30.3 Å². The van der Waals surface area contributed by atoms with Crippen LogP contribution in [0.2, 0.25) is 0 Å². The van der Waals surface area contributed by atoms with Crippen LogP contribution in [0.5, 0.6) is 11.5 Å². The lowest BCUT2D eigenvalue weighted by Gasteiger charge is -2.28. The fraction of sp³-hybridized carbons (Fsp3) is 0.370. The predicted molar refractivity (Wildman–Crippen MR) is 136 cm³/mol. The van der Waals surface area contributed by atoms with Gasteiger partial charge in [-0.05, 0) is 43.5 Å². The number of methoxy groups -OCH3 is 1. The SMILES string of the molecule is COc1ccc(C(=O)N[C@@H](C)C(=O)N2CCCC2C(=O)N[C@H](C=O)CC(=O)O)cc1OCc1ccccc1. The van der Waals surface area contributed by atoms with Gasteiger partial charge in [0.15, 0.2) is 11.5 Å². The zero-order valence-electron chi connectivity index (χ0n) is 21.2. The van der Waals surface area contributed by atoms with E-state index in [1.54, 1.807) is 12.1 Å². The van der Waals surface area contributed by atoms with E-state index in [1.165, 1.54) is 25.0 Å². The van der Waals surface area contributed by atoms with Crippen LogP contribution in [-0.4, -0.2) is 71.8 Å². The maximum absolute atomic E-state index is 13.1. The van der Waals surface area contributed by atoms with Crippen LogP contribution < -0.4 is 20.1 Å². The first-order valence-corrected chi connectivity index (χ1v) is 12.2. The van der Waals surface area contributed by atoms with Gasteiger partial charge in [-0.2, -0.15) is 0 Å². The van der Waals surface area contributed by atoms with E-state index < -0.39 is 48.2 Å². The molecule has 1 saturated heterocycles. The Labute approximate surface area is 220 Å². The van der Waals surface area contributed by atoms with Gasteiger partial charge in [-0.25, -0.2) is 0 Å². The molecule has 3 atom stereocenters. The Kier molecular flexibility index (Phi) is 9.80. The highest BCUT2D eigenvalue weighted by atomic mass is 16.5. The lowest BCUT2D eigenvalue weighted by molar-refractivity contribution is -0.141. The molecular weight excluding hydrogens is 494 g/mol. The number of aliphatic carboxylic acids is 1. The van der Waals surface area contributed by atoms with Crippen LogP contribution in [0, 0.1) is 0 Å². The summed E-state index contributed by atoms with van der Waals surface area (Å²) < 4.78 is 11.2. The summed E-state index contributed by atoms with van der Waals surface area (Å²) in [7, 11) is 1.49. The molecule has 1 fully saturated rings. The number of likely N-dealkylation sites (tertiary alicyclic amines) is 1. The Morgan fingerprint density at radius 2 is 1.84 bits per heavy atom. The molecule has 0 radical (unpaired) electrons. The Bertz CT molecular complexity index is 1170. The zero-order chi connectivity index (χ0) is 27.7. The van der Waals surface area contributed by atoms with Crippen molar-refractivity contribution in [3.8, 4) is 11.5 Å². The van der Waals surface area contributed by atoms with Gasteiger partial charge in [-0.1, -0.05) is 30.3 Å². The second-order valence-corrected chi connectivity index (χ2v) is 8.87. The normalized spacial score (nSPS) is 16.2. The summed E-state index contributed by atoms with van der Waals surface area (Å²) in [6.45, 7) is 2.08. The first-order valence-electron chi connectivity index (χ1n) is 12.2. The van der Waals surface area contributed by atoms with Crippen LogP contribution in [0.25, 0.3) is 0 Å². The predicted octanol–water partition coefficient (Wildman–Crippen LogP) is 1.54. The van der Waals surface area contributed by atoms with E-state index in [-0.39, 0.29) is 12.2 Å². The molecular formula is C27H31N3O8. The molecule has 0 aromatic heterocycles. The third kappa shape index (κ3) is 7.31. The van der Waals surface area contributed by atoms with Gasteiger partial charge in [0.25, 0.3) is 5.91 Å². The molecule has 3 amide bonds. The summed E-state index contributed by atoms with van der Waals surface area (Å²) in [5, 5.41) is 13.9. The second kappa shape index (κ2) is 13.2. The average molecular weight is 526 g/mol. The first-order chi connectivity index (χ1) is 18.2. The summed E-state index contributed by atoms with van der Waals surface area (Å²) in [6, 6.07) is 11.2. The number of nitrogens with one attached hydrogen (secondary N) is 2. The number of benzene rings is 2. The molecule has 38 heavy (non-hydrogen) atoms. The van der Waals surface area contributed by atoms with Gasteiger partial charge in [-0.3, -0.25) is 19.2 Å². The summed E-state index contributed by atoms with van der Waals surface area (Å²) in [5.41, 5.74) is 1.20. The number of carboxylic acids is 1. The highest BCUT2D eigenvalue weighted by Gasteiger charge is 2.37. The number of aldehydes is 1. The van der Waals surface area contributed by atoms with Gasteiger partial charge in [-0.15, -0.1) is 0 Å². The maximum Gasteiger partial charge on any atom is 0.305 e. The number of nitrogens with zero attached hydrogens (tertiary/aromatic N) is 1. The van der Waals surface area contributed by atoms with Crippen molar-refractivity contribution in [2.45, 2.75) is 50.9 Å². The molecule has 0 saturated carbocycles. The van der Waals surface area contributed by atoms with Gasteiger partial charge in [0, 0.05) is 12.1 Å². The molecule has 0 bridgehead atoms. The summed E-state index contributed by atoms with van der Waals surface area (Å²) in [6.07, 6.45) is 0.706. The maximum atomic E-state index is 13.1. The summed E-state index contributed by atoms with van der Waals surface area (Å²) in [4.78, 5) is 62.1. The van der Waals surface area contributed by atoms with Crippen molar-refractivity contribution in [1.29, 1.82) is 0 Å². The highest BCUT2D eigenvalue weighted by molar-refractivity contribution is 5.99. The average Bonchev–Trinajstić information content (AvgIpc) is 3.41. The van der Waals surface area contributed by atoms with Crippen LogP contribution in [0.1, 0.15) is 42.1 Å². The van der Waals surface area contributed by atoms with E-state index in [4.69, 9.17) is 14.6 Å². The van der Waals surface area contributed by atoms with Crippen molar-refractivity contribution in [2.24, 2.45) is 0 Å². The number of rotatable bonds is 12. The van der Waals surface area contributed by atoms with Gasteiger partial charge >= 0.3 is 5.97 Å². The Morgan fingerprint density at radius 3 is 2.50 bits per heavy atom. The van der Waals surface area contributed by atoms with Crippen molar-refractivity contribution in [3.63, 3.8) is 0 Å². The molecule has 3 rings (SSSR count). The van der Waals surface area contributed by atoms with Crippen molar-refractivity contribution in [3.05, 3.63) is 59.7 Å². The summed E-state index contributed by atoms with van der Waals surface area (Å²) in [5.74, 6) is -2.01. The molecule has 1 heterocycles. The highest BCUT2D eigenvalue weighted by Crippen LogP contribution is 2.29. The Morgan fingerprint density at radius 1 is 1.11 bits per heavy atom. The smallest absolute Gasteiger partial charge is 0.305 e. The third-order valence-electron chi connectivity index (χ3n) is 6.11. The number of ether oxygens (including phenoxy) is 2. The van der Waals surface area contributed by atoms with Crippen LogP contribution >= 0.6 is 0 Å². The van der Waals surface area contributed by atoms with E-state index in [0.717, 1.165) is 5.56 Å². The largest absolute Gasteiger partial charge is 0.493 e. The minimum Gasteiger partial charge on any atom is -0.493 e. The van der Waals surface area contributed by atoms with Crippen molar-refractivity contribution < 1.29 is 38.6 Å². The number of hydrogen-bond donors (Lipinski definition) is 3. The topological polar surface area (TPSA) is 151 Å². The van der Waals surface area contributed by atoms with Gasteiger partial charge in [0.2, 0.25) is 11.8 Å². The number of carboxylic acid groups (broad SMARTS) is 1. The molecule has 2 aromatic carbocycles. The lowest BCUT2D eigenvalue weighted by atomic mass is 10.1. The lowest BCUT2D eigenvalue weighted by Crippen LogP contribution is -2.54. The molecule has 2 aromatic rings. The number of carbonyl (C=O) groups excluding carboxylic acids is 4. The van der Waals surface area contributed by atoms with Gasteiger partial charge < -0.3 is 34.9 Å². The van der Waals surface area contributed by atoms with Crippen molar-refractivity contribution in [1.82, 2.24) is 15.5 Å².